The molecule has 3 unspecified atom stereocenters. The van der Waals surface area contributed by atoms with Crippen LogP contribution in [0, 0.1) is 11.8 Å². The van der Waals surface area contributed by atoms with E-state index < -0.39 is 0 Å². The minimum Gasteiger partial charge on any atom is -0.493 e. The van der Waals surface area contributed by atoms with E-state index in [1.165, 1.54) is 36.8 Å². The van der Waals surface area contributed by atoms with Gasteiger partial charge in [0.15, 0.2) is 0 Å². The molecule has 1 aromatic carbocycles. The van der Waals surface area contributed by atoms with E-state index in [4.69, 9.17) is 4.74 Å². The van der Waals surface area contributed by atoms with Crippen LogP contribution in [0.15, 0.2) is 18.2 Å². The van der Waals surface area contributed by atoms with Gasteiger partial charge in [-0.1, -0.05) is 35.0 Å². The first kappa shape index (κ1) is 12.5. The van der Waals surface area contributed by atoms with Gasteiger partial charge in [-0.05, 0) is 54.7 Å². The molecule has 0 radical (unpaired) electrons. The number of fused-ring (bicyclic) bond motifs is 1. The van der Waals surface area contributed by atoms with Gasteiger partial charge in [0.05, 0.1) is 6.61 Å². The van der Waals surface area contributed by atoms with Crippen LogP contribution in [0.1, 0.15) is 37.3 Å². The van der Waals surface area contributed by atoms with E-state index in [1.807, 2.05) is 0 Å². The van der Waals surface area contributed by atoms with Crippen LogP contribution in [0.4, 0.5) is 0 Å². The van der Waals surface area contributed by atoms with Crippen LogP contribution in [-0.2, 0) is 12.8 Å². The zero-order valence-corrected chi connectivity index (χ0v) is 12.6. The van der Waals surface area contributed by atoms with Gasteiger partial charge in [0.25, 0.3) is 0 Å². The summed E-state index contributed by atoms with van der Waals surface area (Å²) >= 11 is 3.79. The van der Waals surface area contributed by atoms with Crippen LogP contribution in [0.3, 0.4) is 0 Å². The van der Waals surface area contributed by atoms with Gasteiger partial charge in [-0.25, -0.2) is 0 Å². The van der Waals surface area contributed by atoms with Gasteiger partial charge in [0, 0.05) is 11.2 Å². The molecule has 0 N–H and O–H groups in total. The molecule has 1 nitrogen and oxygen atoms in total. The quantitative estimate of drug-likeness (QED) is 0.754. The number of alkyl halides is 1. The van der Waals surface area contributed by atoms with Crippen molar-refractivity contribution in [3.05, 3.63) is 29.3 Å². The van der Waals surface area contributed by atoms with Gasteiger partial charge in [0.2, 0.25) is 0 Å². The Kier molecular flexibility index (Phi) is 3.65. The van der Waals surface area contributed by atoms with Crippen LogP contribution in [-0.4, -0.2) is 11.4 Å². The lowest BCUT2D eigenvalue weighted by molar-refractivity contribution is 0.356. The van der Waals surface area contributed by atoms with Crippen molar-refractivity contribution in [2.75, 3.05) is 6.61 Å². The highest BCUT2D eigenvalue weighted by Crippen LogP contribution is 2.39. The van der Waals surface area contributed by atoms with E-state index in [9.17, 15) is 0 Å². The van der Waals surface area contributed by atoms with Gasteiger partial charge in [-0.2, -0.15) is 0 Å². The number of halogens is 1. The van der Waals surface area contributed by atoms with Crippen LogP contribution >= 0.6 is 15.9 Å². The Morgan fingerprint density at radius 2 is 2.22 bits per heavy atom. The zero-order chi connectivity index (χ0) is 12.5. The number of aryl methyl sites for hydroxylation is 1. The Morgan fingerprint density at radius 3 is 3.00 bits per heavy atom. The van der Waals surface area contributed by atoms with Gasteiger partial charge < -0.3 is 4.74 Å². The summed E-state index contributed by atoms with van der Waals surface area (Å²) < 4.78 is 5.56. The molecule has 1 aliphatic carbocycles. The summed E-state index contributed by atoms with van der Waals surface area (Å²) in [4.78, 5) is 0.746. The predicted octanol–water partition coefficient (Wildman–Crippen LogP) is 4.36. The van der Waals surface area contributed by atoms with Crippen molar-refractivity contribution in [1.29, 1.82) is 0 Å². The summed E-state index contributed by atoms with van der Waals surface area (Å²) in [7, 11) is 0. The highest BCUT2D eigenvalue weighted by molar-refractivity contribution is 9.09. The van der Waals surface area contributed by atoms with Gasteiger partial charge >= 0.3 is 0 Å². The second-order valence-electron chi connectivity index (χ2n) is 5.79. The molecular weight excluding hydrogens is 288 g/mol. The Bertz CT molecular complexity index is 429. The fourth-order valence-corrected chi connectivity index (χ4v) is 4.05. The molecule has 2 heteroatoms. The smallest absolute Gasteiger partial charge is 0.122 e. The topological polar surface area (TPSA) is 9.23 Å². The standard InChI is InChI=1S/C16H21BrO/c1-11-13(5-6-15(11)17)4-2-12-3-7-16-14(10-12)8-9-18-16/h3,7,10-11,13,15H,2,4-6,8-9H2,1H3. The number of hydrogen-bond donors (Lipinski definition) is 0. The summed E-state index contributed by atoms with van der Waals surface area (Å²) in [5.41, 5.74) is 2.90. The summed E-state index contributed by atoms with van der Waals surface area (Å²) in [6.07, 6.45) is 6.40. The number of rotatable bonds is 3. The Balaban J connectivity index is 1.60. The highest BCUT2D eigenvalue weighted by Gasteiger charge is 2.30. The molecule has 1 saturated carbocycles. The van der Waals surface area contributed by atoms with E-state index in [0.717, 1.165) is 35.4 Å². The fourth-order valence-electron chi connectivity index (χ4n) is 3.35. The third kappa shape index (κ3) is 2.45. The van der Waals surface area contributed by atoms with Crippen LogP contribution in [0.5, 0.6) is 5.75 Å². The molecule has 18 heavy (non-hydrogen) atoms. The van der Waals surface area contributed by atoms with Crippen molar-refractivity contribution in [3.8, 4) is 5.75 Å². The molecule has 0 spiro atoms. The first-order valence-corrected chi connectivity index (χ1v) is 8.04. The monoisotopic (exact) mass is 308 g/mol. The average molecular weight is 309 g/mol. The van der Waals surface area contributed by atoms with E-state index in [0.29, 0.717) is 0 Å². The lowest BCUT2D eigenvalue weighted by Crippen LogP contribution is -2.11. The Labute approximate surface area is 118 Å². The van der Waals surface area contributed by atoms with Gasteiger partial charge in [-0.15, -0.1) is 0 Å². The highest BCUT2D eigenvalue weighted by atomic mass is 79.9. The molecule has 2 aliphatic rings. The number of ether oxygens (including phenoxy) is 1. The maximum Gasteiger partial charge on any atom is 0.122 e. The molecule has 1 aliphatic heterocycles. The molecule has 1 heterocycles. The molecule has 0 bridgehead atoms. The van der Waals surface area contributed by atoms with E-state index in [-0.39, 0.29) is 0 Å². The molecule has 0 amide bonds. The number of benzene rings is 1. The molecule has 1 fully saturated rings. The maximum absolute atomic E-state index is 5.56. The lowest BCUT2D eigenvalue weighted by Gasteiger charge is -2.17. The van der Waals surface area contributed by atoms with Crippen LogP contribution in [0.2, 0.25) is 0 Å². The van der Waals surface area contributed by atoms with Crippen molar-refractivity contribution >= 4 is 15.9 Å². The van der Waals surface area contributed by atoms with E-state index in [2.05, 4.69) is 41.1 Å². The molecule has 0 aromatic heterocycles. The van der Waals surface area contributed by atoms with Gasteiger partial charge in [-0.3, -0.25) is 0 Å². The zero-order valence-electron chi connectivity index (χ0n) is 11.0. The van der Waals surface area contributed by atoms with Crippen molar-refractivity contribution in [2.24, 2.45) is 11.8 Å². The average Bonchev–Trinajstić information content (AvgIpc) is 2.96. The Hall–Kier alpha value is -0.500. The third-order valence-corrected chi connectivity index (χ3v) is 5.98. The molecule has 98 valence electrons. The van der Waals surface area contributed by atoms with Crippen LogP contribution in [0.25, 0.3) is 0 Å². The minimum absolute atomic E-state index is 0.746. The second-order valence-corrected chi connectivity index (χ2v) is 6.97. The molecule has 3 atom stereocenters. The second kappa shape index (κ2) is 5.24. The summed E-state index contributed by atoms with van der Waals surface area (Å²) in [6.45, 7) is 3.26. The molecule has 1 aromatic rings. The summed E-state index contributed by atoms with van der Waals surface area (Å²) in [5.74, 6) is 2.84. The van der Waals surface area contributed by atoms with Crippen molar-refractivity contribution in [1.82, 2.24) is 0 Å². The summed E-state index contributed by atoms with van der Waals surface area (Å²) in [5, 5.41) is 0. The van der Waals surface area contributed by atoms with E-state index in [1.54, 1.807) is 0 Å². The Morgan fingerprint density at radius 1 is 1.33 bits per heavy atom. The maximum atomic E-state index is 5.56. The normalized spacial score (nSPS) is 30.2. The minimum atomic E-state index is 0.746. The van der Waals surface area contributed by atoms with E-state index >= 15 is 0 Å². The predicted molar refractivity (Wildman–Crippen MR) is 78.6 cm³/mol. The van der Waals surface area contributed by atoms with Gasteiger partial charge in [0.1, 0.15) is 5.75 Å². The SMILES string of the molecule is CC1C(Br)CCC1CCc1ccc2c(c1)CCO2. The third-order valence-electron chi connectivity index (χ3n) is 4.68. The summed E-state index contributed by atoms with van der Waals surface area (Å²) in [6, 6.07) is 6.76. The lowest BCUT2D eigenvalue weighted by atomic mass is 9.91. The largest absolute Gasteiger partial charge is 0.493 e. The molecule has 3 rings (SSSR count). The van der Waals surface area contributed by atoms with Crippen molar-refractivity contribution < 1.29 is 4.74 Å². The molecular formula is C16H21BrO. The fraction of sp³-hybridized carbons (Fsp3) is 0.625. The first-order valence-electron chi connectivity index (χ1n) is 7.12. The van der Waals surface area contributed by atoms with Crippen LogP contribution < -0.4 is 4.74 Å². The van der Waals surface area contributed by atoms with Crippen molar-refractivity contribution in [3.63, 3.8) is 0 Å². The van der Waals surface area contributed by atoms with Crippen molar-refractivity contribution in [2.45, 2.75) is 43.9 Å². The number of hydrogen-bond acceptors (Lipinski definition) is 1. The molecule has 0 saturated heterocycles. The first-order chi connectivity index (χ1) is 8.74.